The molecule has 6 nitrogen and oxygen atoms in total. The molecule has 1 aliphatic heterocycles. The van der Waals surface area contributed by atoms with Gasteiger partial charge in [-0.15, -0.1) is 0 Å². The summed E-state index contributed by atoms with van der Waals surface area (Å²) < 4.78 is 1.69. The number of pyridine rings is 1. The molecule has 2 aliphatic rings. The fourth-order valence-electron chi connectivity index (χ4n) is 4.40. The molecule has 3 heterocycles. The van der Waals surface area contributed by atoms with E-state index >= 15 is 0 Å². The summed E-state index contributed by atoms with van der Waals surface area (Å²) in [6.45, 7) is 3.56. The molecule has 6 heteroatoms. The molecule has 4 rings (SSSR count). The summed E-state index contributed by atoms with van der Waals surface area (Å²) in [5.74, 6) is 1.28. The summed E-state index contributed by atoms with van der Waals surface area (Å²) >= 11 is 0. The lowest BCUT2D eigenvalue weighted by Crippen LogP contribution is -2.47. The van der Waals surface area contributed by atoms with Crippen molar-refractivity contribution in [3.05, 3.63) is 42.4 Å². The van der Waals surface area contributed by atoms with Crippen molar-refractivity contribution in [1.29, 1.82) is 0 Å². The number of carbonyl (C=O) groups excluding carboxylic acids is 1. The number of nitrogens with zero attached hydrogens (tertiary/aromatic N) is 4. The Morgan fingerprint density at radius 2 is 1.96 bits per heavy atom. The van der Waals surface area contributed by atoms with Crippen molar-refractivity contribution in [1.82, 2.24) is 25.0 Å². The molecule has 27 heavy (non-hydrogen) atoms. The normalized spacial score (nSPS) is 23.9. The first-order chi connectivity index (χ1) is 13.3. The molecule has 1 saturated heterocycles. The molecule has 2 atom stereocenters. The summed E-state index contributed by atoms with van der Waals surface area (Å²) in [4.78, 5) is 19.7. The quantitative estimate of drug-likeness (QED) is 0.882. The van der Waals surface area contributed by atoms with E-state index in [-0.39, 0.29) is 11.9 Å². The number of aromatic nitrogens is 3. The van der Waals surface area contributed by atoms with Gasteiger partial charge in [0.05, 0.1) is 5.56 Å². The van der Waals surface area contributed by atoms with E-state index in [1.807, 2.05) is 24.4 Å². The van der Waals surface area contributed by atoms with Crippen LogP contribution >= 0.6 is 0 Å². The molecular weight excluding hydrogens is 338 g/mol. The third-order valence-corrected chi connectivity index (χ3v) is 5.92. The zero-order chi connectivity index (χ0) is 18.5. The van der Waals surface area contributed by atoms with Gasteiger partial charge in [-0.1, -0.05) is 19.3 Å². The van der Waals surface area contributed by atoms with E-state index < -0.39 is 0 Å². The molecule has 1 aliphatic carbocycles. The summed E-state index contributed by atoms with van der Waals surface area (Å²) in [7, 11) is 0. The van der Waals surface area contributed by atoms with Crippen LogP contribution < -0.4 is 5.32 Å². The summed E-state index contributed by atoms with van der Waals surface area (Å²) in [6, 6.07) is 5.81. The number of hydrogen-bond donors (Lipinski definition) is 1. The lowest BCUT2D eigenvalue weighted by atomic mass is 9.83. The van der Waals surface area contributed by atoms with E-state index in [0.29, 0.717) is 11.5 Å². The maximum absolute atomic E-state index is 12.8. The lowest BCUT2D eigenvalue weighted by Gasteiger charge is -2.37. The second kappa shape index (κ2) is 8.65. The Morgan fingerprint density at radius 3 is 2.70 bits per heavy atom. The fraction of sp³-hybridized carbons (Fsp3) is 0.571. The highest BCUT2D eigenvalue weighted by molar-refractivity contribution is 5.94. The zero-order valence-corrected chi connectivity index (χ0v) is 15.9. The van der Waals surface area contributed by atoms with Crippen LogP contribution in [0.2, 0.25) is 0 Å². The lowest BCUT2D eigenvalue weighted by molar-refractivity contribution is 0.0877. The van der Waals surface area contributed by atoms with Gasteiger partial charge in [0.1, 0.15) is 0 Å². The number of carbonyl (C=O) groups is 1. The Balaban J connectivity index is 1.37. The van der Waals surface area contributed by atoms with Gasteiger partial charge in [-0.05, 0) is 62.9 Å². The number of nitrogens with one attached hydrogen (secondary N) is 1. The van der Waals surface area contributed by atoms with Crippen LogP contribution in [0.3, 0.4) is 0 Å². The Labute approximate surface area is 161 Å². The summed E-state index contributed by atoms with van der Waals surface area (Å²) in [5, 5.41) is 7.47. The van der Waals surface area contributed by atoms with Crippen LogP contribution in [0.5, 0.6) is 0 Å². The van der Waals surface area contributed by atoms with Crippen molar-refractivity contribution < 1.29 is 4.79 Å². The molecule has 2 fully saturated rings. The van der Waals surface area contributed by atoms with Gasteiger partial charge in [-0.25, -0.2) is 9.67 Å². The van der Waals surface area contributed by atoms with Gasteiger partial charge in [-0.3, -0.25) is 4.79 Å². The largest absolute Gasteiger partial charge is 0.349 e. The first-order valence-electron chi connectivity index (χ1n) is 10.3. The van der Waals surface area contributed by atoms with Crippen molar-refractivity contribution in [2.24, 2.45) is 5.92 Å². The van der Waals surface area contributed by atoms with Gasteiger partial charge in [0, 0.05) is 31.2 Å². The van der Waals surface area contributed by atoms with E-state index in [4.69, 9.17) is 0 Å². The van der Waals surface area contributed by atoms with Crippen LogP contribution in [0.15, 0.2) is 36.8 Å². The van der Waals surface area contributed by atoms with Gasteiger partial charge in [0.15, 0.2) is 5.82 Å². The summed E-state index contributed by atoms with van der Waals surface area (Å²) in [5.41, 5.74) is 0.619. The minimum Gasteiger partial charge on any atom is -0.349 e. The van der Waals surface area contributed by atoms with Crippen molar-refractivity contribution in [3.8, 4) is 5.82 Å². The number of piperidine rings is 1. The first kappa shape index (κ1) is 18.2. The minimum absolute atomic E-state index is 0.00920. The average molecular weight is 367 g/mol. The predicted molar refractivity (Wildman–Crippen MR) is 105 cm³/mol. The third kappa shape index (κ3) is 4.56. The van der Waals surface area contributed by atoms with Crippen LogP contribution in [0, 0.1) is 5.92 Å². The standard InChI is InChI=1S/C21H29N5O/c27-21(17-9-10-20(22-15-17)26-14-6-11-23-26)24-19-8-3-2-7-18(19)16-25-12-4-1-5-13-25/h6,9-11,14-15,18-19H,1-5,7-8,12-13,16H2,(H,24,27)/t18-,19?/m0/s1. The second-order valence-corrected chi connectivity index (χ2v) is 7.84. The number of amides is 1. The Hall–Kier alpha value is -2.21. The van der Waals surface area contributed by atoms with E-state index in [0.717, 1.165) is 18.8 Å². The Bertz CT molecular complexity index is 722. The molecule has 1 N–H and O–H groups in total. The first-order valence-corrected chi connectivity index (χ1v) is 10.3. The van der Waals surface area contributed by atoms with Gasteiger partial charge in [0.2, 0.25) is 0 Å². The van der Waals surface area contributed by atoms with E-state index in [2.05, 4.69) is 20.3 Å². The van der Waals surface area contributed by atoms with Gasteiger partial charge < -0.3 is 10.2 Å². The van der Waals surface area contributed by atoms with Crippen LogP contribution in [0.4, 0.5) is 0 Å². The highest BCUT2D eigenvalue weighted by Crippen LogP contribution is 2.26. The van der Waals surface area contributed by atoms with Crippen molar-refractivity contribution in [2.75, 3.05) is 19.6 Å². The molecule has 1 saturated carbocycles. The topological polar surface area (TPSA) is 63.1 Å². The van der Waals surface area contributed by atoms with Gasteiger partial charge in [0.25, 0.3) is 5.91 Å². The smallest absolute Gasteiger partial charge is 0.253 e. The molecule has 2 aromatic rings. The Kier molecular flexibility index (Phi) is 5.82. The van der Waals surface area contributed by atoms with Gasteiger partial charge >= 0.3 is 0 Å². The maximum atomic E-state index is 12.8. The molecular formula is C21H29N5O. The SMILES string of the molecule is O=C(NC1CCCC[C@H]1CN1CCCCC1)c1ccc(-n2cccn2)nc1. The predicted octanol–water partition coefficient (Wildman–Crippen LogP) is 3.04. The highest BCUT2D eigenvalue weighted by atomic mass is 16.1. The van der Waals surface area contributed by atoms with E-state index in [9.17, 15) is 4.79 Å². The molecule has 0 bridgehead atoms. The van der Waals surface area contributed by atoms with Crippen LogP contribution in [-0.4, -0.2) is 51.2 Å². The third-order valence-electron chi connectivity index (χ3n) is 5.92. The number of likely N-dealkylation sites (tertiary alicyclic amines) is 1. The number of hydrogen-bond acceptors (Lipinski definition) is 4. The fourth-order valence-corrected chi connectivity index (χ4v) is 4.40. The van der Waals surface area contributed by atoms with Gasteiger partial charge in [-0.2, -0.15) is 5.10 Å². The summed E-state index contributed by atoms with van der Waals surface area (Å²) in [6.07, 6.45) is 14.0. The molecule has 1 unspecified atom stereocenters. The Morgan fingerprint density at radius 1 is 1.11 bits per heavy atom. The molecule has 0 aromatic carbocycles. The maximum Gasteiger partial charge on any atom is 0.253 e. The van der Waals surface area contributed by atoms with E-state index in [1.165, 1.54) is 51.6 Å². The van der Waals surface area contributed by atoms with Crippen molar-refractivity contribution in [2.45, 2.75) is 51.0 Å². The molecule has 2 aromatic heterocycles. The van der Waals surface area contributed by atoms with Crippen LogP contribution in [0.25, 0.3) is 5.82 Å². The second-order valence-electron chi connectivity index (χ2n) is 7.84. The minimum atomic E-state index is -0.00920. The average Bonchev–Trinajstić information content (AvgIpc) is 3.25. The van der Waals surface area contributed by atoms with E-state index in [1.54, 1.807) is 17.1 Å². The monoisotopic (exact) mass is 367 g/mol. The van der Waals surface area contributed by atoms with Crippen molar-refractivity contribution in [3.63, 3.8) is 0 Å². The number of rotatable bonds is 5. The molecule has 0 spiro atoms. The highest BCUT2D eigenvalue weighted by Gasteiger charge is 2.28. The van der Waals surface area contributed by atoms with Crippen molar-refractivity contribution >= 4 is 5.91 Å². The molecule has 0 radical (unpaired) electrons. The molecule has 1 amide bonds. The molecule has 144 valence electrons. The van der Waals surface area contributed by atoms with Crippen LogP contribution in [0.1, 0.15) is 55.3 Å². The van der Waals surface area contributed by atoms with Crippen LogP contribution in [-0.2, 0) is 0 Å². The zero-order valence-electron chi connectivity index (χ0n) is 15.9.